The quantitative estimate of drug-likeness (QED) is 0.0969. The number of hydrogen-bond acceptors (Lipinski definition) is 7. The van der Waals surface area contributed by atoms with Gasteiger partial charge in [0.1, 0.15) is 11.2 Å². The molecule has 0 atom stereocenters. The van der Waals surface area contributed by atoms with Crippen molar-refractivity contribution >= 4 is 17.2 Å². The third kappa shape index (κ3) is 14.8. The largest absolute Gasteiger partial charge is 0.380 e. The van der Waals surface area contributed by atoms with Crippen LogP contribution in [0.1, 0.15) is 281 Å². The number of benzene rings is 4. The Labute approximate surface area is 472 Å². The van der Waals surface area contributed by atoms with E-state index in [9.17, 15) is 0 Å². The Morgan fingerprint density at radius 1 is 0.299 bits per heavy atom. The molecule has 0 heterocycles. The van der Waals surface area contributed by atoms with E-state index >= 15 is 10.2 Å². The molecule has 0 saturated heterocycles. The Bertz CT molecular complexity index is 2230. The lowest BCUT2D eigenvalue weighted by Gasteiger charge is -2.52. The fourth-order valence-electron chi connectivity index (χ4n) is 12.6. The van der Waals surface area contributed by atoms with E-state index in [0.29, 0.717) is 0 Å². The zero-order chi connectivity index (χ0) is 59.7. The highest BCUT2D eigenvalue weighted by molar-refractivity contribution is 7.53. The van der Waals surface area contributed by atoms with Crippen molar-refractivity contribution < 1.29 is 34.1 Å². The van der Waals surface area contributed by atoms with Gasteiger partial charge in [-0.1, -0.05) is 237 Å². The summed E-state index contributed by atoms with van der Waals surface area (Å²) in [5.41, 5.74) is 14.4. The van der Waals surface area contributed by atoms with E-state index in [-0.39, 0.29) is 55.2 Å². The maximum atomic E-state index is 15.3. The number of aryl methyl sites for hydroxylation is 4. The molecule has 1 fully saturated rings. The third-order valence-electron chi connectivity index (χ3n) is 16.2. The first-order valence-corrected chi connectivity index (χ1v) is 30.8. The SMILES string of the molecule is Cc1cc(C(C)(C)C)c(C(O)(c2c(C(C)(C)C)cc(C)cc2C(C)(C)C)C2CCC(C(O)(c3c(C(C)(C)C)cc(C)cc3C(C)(C)C)c3c(C(C)(C)C)cc(C)cc3C(C)(C)C)CC2)c(C(C)(C)C)c1.OP(O)OP(O)O. The Morgan fingerprint density at radius 2 is 0.429 bits per heavy atom. The molecule has 1 aliphatic rings. The zero-order valence-electron chi connectivity index (χ0n) is 53.6. The lowest BCUT2D eigenvalue weighted by Crippen LogP contribution is -2.49. The van der Waals surface area contributed by atoms with Crippen LogP contribution in [0.5, 0.6) is 0 Å². The smallest absolute Gasteiger partial charge is 0.334 e. The summed E-state index contributed by atoms with van der Waals surface area (Å²) in [7, 11) is -5.22. The lowest BCUT2D eigenvalue weighted by atomic mass is 9.55. The van der Waals surface area contributed by atoms with E-state index in [2.05, 4.69) is 247 Å². The standard InChI is InChI=1S/C68H104O2.H4O5P2/c1-41-33-47(59(5,6)7)55(48(34-41)60(8,9)10)67(69,56-49(61(11,12)13)35-42(2)36-50(56)62(14,15)16)45-29-31-46(32-30-45)68(70,57-51(63(17,18)19)37-43(3)38-52(57)64(20,21)22)58-53(65(23,24)25)39-44(4)40-54(58)66(26,27)28;1-6(2)5-7(3)4/h33-40,45-46,69-70H,29-32H2,1-28H3;1-4H. The van der Waals surface area contributed by atoms with Gasteiger partial charge >= 0.3 is 17.2 Å². The van der Waals surface area contributed by atoms with Gasteiger partial charge in [-0.15, -0.1) is 0 Å². The second-order valence-corrected chi connectivity index (χ2v) is 33.3. The van der Waals surface area contributed by atoms with Crippen LogP contribution in [0, 0.1) is 39.5 Å². The molecule has 0 unspecified atom stereocenters. The molecule has 1 aliphatic carbocycles. The van der Waals surface area contributed by atoms with Crippen molar-refractivity contribution in [2.75, 3.05) is 0 Å². The molecule has 0 aliphatic heterocycles. The molecule has 4 aromatic rings. The third-order valence-corrected chi connectivity index (χ3v) is 17.3. The zero-order valence-corrected chi connectivity index (χ0v) is 55.4. The van der Waals surface area contributed by atoms with Gasteiger partial charge in [0.25, 0.3) is 0 Å². The van der Waals surface area contributed by atoms with Crippen molar-refractivity contribution in [2.24, 2.45) is 11.8 Å². The van der Waals surface area contributed by atoms with E-state index in [1.54, 1.807) is 0 Å². The summed E-state index contributed by atoms with van der Waals surface area (Å²) in [6, 6.07) is 19.1. The Balaban J connectivity index is 0.00000171. The first-order valence-electron chi connectivity index (χ1n) is 28.4. The minimum Gasteiger partial charge on any atom is -0.380 e. The Morgan fingerprint density at radius 3 is 0.519 bits per heavy atom. The van der Waals surface area contributed by atoms with Crippen molar-refractivity contribution in [3.63, 3.8) is 0 Å². The molecule has 77 heavy (non-hydrogen) atoms. The summed E-state index contributed by atoms with van der Waals surface area (Å²) in [6.07, 6.45) is 3.03. The highest BCUT2D eigenvalue weighted by Gasteiger charge is 2.55. The molecule has 432 valence electrons. The minimum atomic E-state index is -2.61. The van der Waals surface area contributed by atoms with Gasteiger partial charge < -0.3 is 29.8 Å². The van der Waals surface area contributed by atoms with Gasteiger partial charge in [-0.25, -0.2) is 4.31 Å². The highest BCUT2D eigenvalue weighted by Crippen LogP contribution is 2.60. The normalized spacial score (nSPS) is 17.0. The van der Waals surface area contributed by atoms with Gasteiger partial charge in [0.05, 0.1) is 0 Å². The van der Waals surface area contributed by atoms with Crippen LogP contribution in [0.2, 0.25) is 0 Å². The fraction of sp³-hybridized carbons (Fsp3) is 0.647. The van der Waals surface area contributed by atoms with Crippen LogP contribution in [-0.2, 0) is 58.8 Å². The molecule has 0 spiro atoms. The van der Waals surface area contributed by atoms with Gasteiger partial charge in [-0.3, -0.25) is 0 Å². The van der Waals surface area contributed by atoms with Gasteiger partial charge in [-0.05, 0) is 175 Å². The Hall–Kier alpha value is -2.54. The van der Waals surface area contributed by atoms with Gasteiger partial charge in [0.15, 0.2) is 0 Å². The van der Waals surface area contributed by atoms with Crippen molar-refractivity contribution in [3.8, 4) is 0 Å². The topological polar surface area (TPSA) is 131 Å². The van der Waals surface area contributed by atoms with E-state index in [4.69, 9.17) is 19.6 Å². The molecular weight excluding hydrogens is 991 g/mol. The average molecular weight is 1100 g/mol. The summed E-state index contributed by atoms with van der Waals surface area (Å²) in [6.45, 7) is 65.0. The van der Waals surface area contributed by atoms with Crippen molar-refractivity contribution in [1.29, 1.82) is 0 Å². The van der Waals surface area contributed by atoms with Crippen molar-refractivity contribution in [1.82, 2.24) is 0 Å². The molecule has 7 nitrogen and oxygen atoms in total. The molecule has 9 heteroatoms. The molecule has 6 N–H and O–H groups in total. The fourth-order valence-corrected chi connectivity index (χ4v) is 13.1. The average Bonchev–Trinajstić information content (AvgIpc) is 3.22. The number of rotatable bonds is 8. The first kappa shape index (κ1) is 67.0. The predicted octanol–water partition coefficient (Wildman–Crippen LogP) is 17.7. The van der Waals surface area contributed by atoms with Crippen LogP contribution >= 0.6 is 17.2 Å². The summed E-state index contributed by atoms with van der Waals surface area (Å²) in [5.74, 6) is -0.264. The molecule has 1 saturated carbocycles. The van der Waals surface area contributed by atoms with Crippen LogP contribution in [0.4, 0.5) is 0 Å². The maximum absolute atomic E-state index is 15.3. The second-order valence-electron chi connectivity index (χ2n) is 31.6. The Kier molecular flexibility index (Phi) is 19.7. The molecule has 0 aromatic heterocycles. The van der Waals surface area contributed by atoms with Crippen LogP contribution < -0.4 is 0 Å². The van der Waals surface area contributed by atoms with Crippen LogP contribution in [-0.4, -0.2) is 29.8 Å². The van der Waals surface area contributed by atoms with E-state index in [1.165, 1.54) is 66.8 Å². The van der Waals surface area contributed by atoms with Crippen LogP contribution in [0.3, 0.4) is 0 Å². The predicted molar refractivity (Wildman–Crippen MR) is 330 cm³/mol. The summed E-state index contributed by atoms with van der Waals surface area (Å²) >= 11 is 0. The summed E-state index contributed by atoms with van der Waals surface area (Å²) < 4.78 is 3.60. The molecule has 4 aromatic carbocycles. The highest BCUT2D eigenvalue weighted by atomic mass is 31.2. The van der Waals surface area contributed by atoms with Crippen molar-refractivity contribution in [2.45, 2.75) is 274 Å². The van der Waals surface area contributed by atoms with Crippen LogP contribution in [0.25, 0.3) is 0 Å². The molecule has 0 amide bonds. The number of hydrogen-bond donors (Lipinski definition) is 6. The lowest BCUT2D eigenvalue weighted by molar-refractivity contribution is -0.0515. The van der Waals surface area contributed by atoms with Crippen LogP contribution in [0.15, 0.2) is 48.5 Å². The molecule has 0 radical (unpaired) electrons. The maximum Gasteiger partial charge on any atom is 0.334 e. The van der Waals surface area contributed by atoms with Gasteiger partial charge in [-0.2, -0.15) is 0 Å². The van der Waals surface area contributed by atoms with Gasteiger partial charge in [0, 0.05) is 0 Å². The first-order chi connectivity index (χ1) is 34.3. The van der Waals surface area contributed by atoms with E-state index in [0.717, 1.165) is 47.9 Å². The van der Waals surface area contributed by atoms with Crippen molar-refractivity contribution in [3.05, 3.63) is 138 Å². The van der Waals surface area contributed by atoms with E-state index in [1.807, 2.05) is 0 Å². The molecular formula is C68H108O7P2. The summed E-state index contributed by atoms with van der Waals surface area (Å²) in [4.78, 5) is 31.3. The summed E-state index contributed by atoms with van der Waals surface area (Å²) in [5, 5.41) is 30.5. The minimum absolute atomic E-state index is 0.132. The molecule has 5 rings (SSSR count). The monoisotopic (exact) mass is 1100 g/mol. The second kappa shape index (κ2) is 22.7. The molecule has 0 bridgehead atoms. The van der Waals surface area contributed by atoms with E-state index < -0.39 is 28.4 Å². The number of aliphatic hydroxyl groups is 2. The van der Waals surface area contributed by atoms with Gasteiger partial charge in [0.2, 0.25) is 0 Å².